The van der Waals surface area contributed by atoms with Gasteiger partial charge in [-0.1, -0.05) is 26.2 Å². The Bertz CT molecular complexity index is 600. The van der Waals surface area contributed by atoms with E-state index in [0.717, 1.165) is 28.8 Å². The SMILES string of the molecule is CC1(CNc2ccc(N)c3cccnc23)CCCCC1. The highest BCUT2D eigenvalue weighted by Crippen LogP contribution is 2.36. The van der Waals surface area contributed by atoms with Crippen LogP contribution in [0, 0.1) is 5.41 Å². The molecule has 3 nitrogen and oxygen atoms in total. The fourth-order valence-electron chi connectivity index (χ4n) is 3.23. The lowest BCUT2D eigenvalue weighted by Gasteiger charge is -2.34. The fraction of sp³-hybridized carbons (Fsp3) is 0.471. The Labute approximate surface area is 120 Å². The van der Waals surface area contributed by atoms with E-state index in [2.05, 4.69) is 23.3 Å². The highest BCUT2D eigenvalue weighted by atomic mass is 14.9. The van der Waals surface area contributed by atoms with E-state index in [1.165, 1.54) is 32.1 Å². The lowest BCUT2D eigenvalue weighted by Crippen LogP contribution is -2.29. The van der Waals surface area contributed by atoms with Crippen LogP contribution in [-0.4, -0.2) is 11.5 Å². The zero-order valence-corrected chi connectivity index (χ0v) is 12.2. The number of nitrogens with one attached hydrogen (secondary N) is 1. The van der Waals surface area contributed by atoms with Crippen molar-refractivity contribution < 1.29 is 0 Å². The molecule has 1 heterocycles. The van der Waals surface area contributed by atoms with Gasteiger partial charge < -0.3 is 11.1 Å². The van der Waals surface area contributed by atoms with Crippen LogP contribution in [0.2, 0.25) is 0 Å². The first kappa shape index (κ1) is 13.2. The van der Waals surface area contributed by atoms with Gasteiger partial charge in [0.2, 0.25) is 0 Å². The molecule has 1 fully saturated rings. The van der Waals surface area contributed by atoms with Crippen molar-refractivity contribution in [1.29, 1.82) is 0 Å². The first-order valence-electron chi connectivity index (χ1n) is 7.55. The van der Waals surface area contributed by atoms with E-state index >= 15 is 0 Å². The number of hydrogen-bond acceptors (Lipinski definition) is 3. The number of anilines is 2. The highest BCUT2D eigenvalue weighted by molar-refractivity contribution is 5.98. The van der Waals surface area contributed by atoms with Crippen molar-refractivity contribution in [3.8, 4) is 0 Å². The molecule has 2 aromatic rings. The summed E-state index contributed by atoms with van der Waals surface area (Å²) in [6, 6.07) is 7.99. The van der Waals surface area contributed by atoms with E-state index in [1.54, 1.807) is 0 Å². The molecule has 1 aliphatic carbocycles. The number of aromatic nitrogens is 1. The highest BCUT2D eigenvalue weighted by Gasteiger charge is 2.26. The Kier molecular flexibility index (Phi) is 3.51. The first-order chi connectivity index (χ1) is 9.68. The minimum absolute atomic E-state index is 0.417. The lowest BCUT2D eigenvalue weighted by atomic mass is 9.75. The van der Waals surface area contributed by atoms with Crippen molar-refractivity contribution in [2.24, 2.45) is 5.41 Å². The van der Waals surface area contributed by atoms with Crippen LogP contribution in [-0.2, 0) is 0 Å². The molecule has 1 aliphatic rings. The van der Waals surface area contributed by atoms with E-state index in [1.807, 2.05) is 24.4 Å². The molecule has 0 spiro atoms. The molecule has 3 heteroatoms. The van der Waals surface area contributed by atoms with Gasteiger partial charge in [-0.3, -0.25) is 4.98 Å². The van der Waals surface area contributed by atoms with Crippen LogP contribution in [0.4, 0.5) is 11.4 Å². The number of pyridine rings is 1. The molecule has 20 heavy (non-hydrogen) atoms. The molecular formula is C17H23N3. The zero-order chi connectivity index (χ0) is 14.0. The second kappa shape index (κ2) is 5.31. The van der Waals surface area contributed by atoms with Crippen LogP contribution < -0.4 is 11.1 Å². The quantitative estimate of drug-likeness (QED) is 0.821. The van der Waals surface area contributed by atoms with E-state index in [0.29, 0.717) is 5.41 Å². The van der Waals surface area contributed by atoms with Crippen molar-refractivity contribution in [3.63, 3.8) is 0 Å². The first-order valence-corrected chi connectivity index (χ1v) is 7.55. The predicted molar refractivity (Wildman–Crippen MR) is 85.8 cm³/mol. The van der Waals surface area contributed by atoms with Crippen LogP contribution in [0.15, 0.2) is 30.5 Å². The van der Waals surface area contributed by atoms with Crippen molar-refractivity contribution in [2.45, 2.75) is 39.0 Å². The van der Waals surface area contributed by atoms with Crippen LogP contribution in [0.5, 0.6) is 0 Å². The second-order valence-corrected chi connectivity index (χ2v) is 6.33. The third-order valence-corrected chi connectivity index (χ3v) is 4.57. The molecule has 0 bridgehead atoms. The Balaban J connectivity index is 1.82. The molecule has 0 unspecified atom stereocenters. The topological polar surface area (TPSA) is 50.9 Å². The van der Waals surface area contributed by atoms with Gasteiger partial charge >= 0.3 is 0 Å². The van der Waals surface area contributed by atoms with Gasteiger partial charge in [-0.15, -0.1) is 0 Å². The van der Waals surface area contributed by atoms with Crippen molar-refractivity contribution >= 4 is 22.3 Å². The summed E-state index contributed by atoms with van der Waals surface area (Å²) in [5.74, 6) is 0. The van der Waals surface area contributed by atoms with Gasteiger partial charge in [0, 0.05) is 23.8 Å². The minimum atomic E-state index is 0.417. The van der Waals surface area contributed by atoms with Crippen molar-refractivity contribution in [1.82, 2.24) is 4.98 Å². The summed E-state index contributed by atoms with van der Waals surface area (Å²) in [6.07, 6.45) is 8.58. The standard InChI is InChI=1S/C17H23N3/c1-17(9-3-2-4-10-17)12-20-15-8-7-14(18)13-6-5-11-19-16(13)15/h5-8,11,20H,2-4,9-10,12,18H2,1H3. The molecule has 0 radical (unpaired) electrons. The maximum atomic E-state index is 6.02. The number of benzene rings is 1. The Morgan fingerprint density at radius 2 is 2.00 bits per heavy atom. The summed E-state index contributed by atoms with van der Waals surface area (Å²) in [4.78, 5) is 4.49. The number of fused-ring (bicyclic) bond motifs is 1. The molecule has 1 aromatic carbocycles. The molecule has 0 aliphatic heterocycles. The monoisotopic (exact) mass is 269 g/mol. The molecule has 1 aromatic heterocycles. The number of hydrogen-bond donors (Lipinski definition) is 2. The van der Waals surface area contributed by atoms with Gasteiger partial charge in [0.15, 0.2) is 0 Å². The van der Waals surface area contributed by atoms with Crippen LogP contribution >= 0.6 is 0 Å². The van der Waals surface area contributed by atoms with Gasteiger partial charge in [-0.05, 0) is 42.5 Å². The third kappa shape index (κ3) is 2.58. The molecule has 0 saturated heterocycles. The van der Waals surface area contributed by atoms with Gasteiger partial charge in [-0.25, -0.2) is 0 Å². The maximum absolute atomic E-state index is 6.02. The number of nitrogens with two attached hydrogens (primary N) is 1. The van der Waals surface area contributed by atoms with Crippen LogP contribution in [0.3, 0.4) is 0 Å². The summed E-state index contributed by atoms with van der Waals surface area (Å²) < 4.78 is 0. The minimum Gasteiger partial charge on any atom is -0.398 e. The Morgan fingerprint density at radius 1 is 1.20 bits per heavy atom. The smallest absolute Gasteiger partial charge is 0.0953 e. The van der Waals surface area contributed by atoms with E-state index < -0.39 is 0 Å². The van der Waals surface area contributed by atoms with E-state index in [9.17, 15) is 0 Å². The molecule has 106 valence electrons. The Morgan fingerprint density at radius 3 is 2.80 bits per heavy atom. The van der Waals surface area contributed by atoms with Gasteiger partial charge in [0.1, 0.15) is 0 Å². The summed E-state index contributed by atoms with van der Waals surface area (Å²) in [6.45, 7) is 3.41. The zero-order valence-electron chi connectivity index (χ0n) is 12.2. The number of rotatable bonds is 3. The summed E-state index contributed by atoms with van der Waals surface area (Å²) in [7, 11) is 0. The van der Waals surface area contributed by atoms with Crippen molar-refractivity contribution in [2.75, 3.05) is 17.6 Å². The summed E-state index contributed by atoms with van der Waals surface area (Å²) in [5.41, 5.74) is 9.31. The second-order valence-electron chi connectivity index (χ2n) is 6.33. The maximum Gasteiger partial charge on any atom is 0.0953 e. The average Bonchev–Trinajstić information content (AvgIpc) is 2.48. The average molecular weight is 269 g/mol. The van der Waals surface area contributed by atoms with E-state index in [4.69, 9.17) is 5.73 Å². The molecule has 0 amide bonds. The molecule has 3 rings (SSSR count). The molecule has 0 atom stereocenters. The fourth-order valence-corrected chi connectivity index (χ4v) is 3.23. The van der Waals surface area contributed by atoms with Gasteiger partial charge in [0.05, 0.1) is 11.2 Å². The largest absolute Gasteiger partial charge is 0.398 e. The molecule has 1 saturated carbocycles. The van der Waals surface area contributed by atoms with Crippen molar-refractivity contribution in [3.05, 3.63) is 30.5 Å². The van der Waals surface area contributed by atoms with Crippen LogP contribution in [0.1, 0.15) is 39.0 Å². The van der Waals surface area contributed by atoms with Crippen LogP contribution in [0.25, 0.3) is 10.9 Å². The Hall–Kier alpha value is -1.77. The van der Waals surface area contributed by atoms with E-state index in [-0.39, 0.29) is 0 Å². The predicted octanol–water partition coefficient (Wildman–Crippen LogP) is 4.20. The summed E-state index contributed by atoms with van der Waals surface area (Å²) in [5, 5.41) is 4.64. The number of nitrogen functional groups attached to an aromatic ring is 1. The van der Waals surface area contributed by atoms with Gasteiger partial charge in [0.25, 0.3) is 0 Å². The molecule has 3 N–H and O–H groups in total. The van der Waals surface area contributed by atoms with Gasteiger partial charge in [-0.2, -0.15) is 0 Å². The lowest BCUT2D eigenvalue weighted by molar-refractivity contribution is 0.233. The molecular weight excluding hydrogens is 246 g/mol. The normalized spacial score (nSPS) is 18.1. The third-order valence-electron chi connectivity index (χ3n) is 4.57. The summed E-state index contributed by atoms with van der Waals surface area (Å²) >= 11 is 0. The number of nitrogens with zero attached hydrogens (tertiary/aromatic N) is 1.